The van der Waals surface area contributed by atoms with Crippen molar-refractivity contribution in [3.05, 3.63) is 52.0 Å². The van der Waals surface area contributed by atoms with Crippen LogP contribution in [0.25, 0.3) is 0 Å². The van der Waals surface area contributed by atoms with Crippen molar-refractivity contribution in [1.82, 2.24) is 10.3 Å². The quantitative estimate of drug-likeness (QED) is 0.842. The first kappa shape index (κ1) is 16.6. The van der Waals surface area contributed by atoms with E-state index in [1.807, 2.05) is 23.6 Å². The zero-order valence-corrected chi connectivity index (χ0v) is 14.2. The number of benzene rings is 1. The van der Waals surface area contributed by atoms with Crippen molar-refractivity contribution < 1.29 is 9.59 Å². The molecular formula is C18H21N3O2S. The summed E-state index contributed by atoms with van der Waals surface area (Å²) in [6.45, 7) is 0. The number of hydrogen-bond acceptors (Lipinski definition) is 4. The largest absolute Gasteiger partial charge is 0.369 e. The fourth-order valence-corrected chi connectivity index (χ4v) is 4.01. The second-order valence-corrected chi connectivity index (χ2v) is 7.13. The third kappa shape index (κ3) is 4.20. The van der Waals surface area contributed by atoms with Crippen molar-refractivity contribution in [2.75, 3.05) is 0 Å². The number of aromatic nitrogens is 1. The smallest absolute Gasteiger partial charge is 0.226 e. The molecule has 1 heterocycles. The van der Waals surface area contributed by atoms with Gasteiger partial charge in [0.05, 0.1) is 23.0 Å². The van der Waals surface area contributed by atoms with Gasteiger partial charge in [-0.1, -0.05) is 36.8 Å². The predicted octanol–water partition coefficient (Wildman–Crippen LogP) is 2.05. The summed E-state index contributed by atoms with van der Waals surface area (Å²) in [5.41, 5.74) is 7.37. The number of primary amides is 1. The van der Waals surface area contributed by atoms with Crippen LogP contribution in [-0.4, -0.2) is 22.8 Å². The highest BCUT2D eigenvalue weighted by Gasteiger charge is 2.32. The molecule has 24 heavy (non-hydrogen) atoms. The van der Waals surface area contributed by atoms with E-state index in [0.717, 1.165) is 36.4 Å². The van der Waals surface area contributed by atoms with Gasteiger partial charge in [0.2, 0.25) is 11.8 Å². The Balaban J connectivity index is 1.54. The first-order valence-electron chi connectivity index (χ1n) is 8.17. The Hall–Kier alpha value is -2.21. The molecule has 6 heteroatoms. The van der Waals surface area contributed by atoms with E-state index in [-0.39, 0.29) is 30.2 Å². The maximum atomic E-state index is 12.2. The fourth-order valence-electron chi connectivity index (χ4n) is 3.18. The maximum absolute atomic E-state index is 12.2. The minimum Gasteiger partial charge on any atom is -0.369 e. The number of nitrogens with two attached hydrogens (primary N) is 1. The van der Waals surface area contributed by atoms with Crippen LogP contribution >= 0.6 is 11.3 Å². The lowest BCUT2D eigenvalue weighted by atomic mass is 10.0. The summed E-state index contributed by atoms with van der Waals surface area (Å²) in [7, 11) is 0. The highest BCUT2D eigenvalue weighted by molar-refractivity contribution is 7.09. The number of amides is 2. The molecular weight excluding hydrogens is 322 g/mol. The molecule has 1 aliphatic carbocycles. The van der Waals surface area contributed by atoms with Crippen LogP contribution in [0.2, 0.25) is 0 Å². The summed E-state index contributed by atoms with van der Waals surface area (Å²) in [5.74, 6) is -0.653. The van der Waals surface area contributed by atoms with Crippen molar-refractivity contribution >= 4 is 23.2 Å². The Morgan fingerprint density at radius 3 is 2.79 bits per heavy atom. The van der Waals surface area contributed by atoms with Crippen LogP contribution < -0.4 is 11.1 Å². The van der Waals surface area contributed by atoms with Crippen LogP contribution in [0.1, 0.15) is 35.5 Å². The normalized spacial score (nSPS) is 20.0. The summed E-state index contributed by atoms with van der Waals surface area (Å²) in [6, 6.07) is 10.0. The summed E-state index contributed by atoms with van der Waals surface area (Å²) in [6.07, 6.45) is 3.52. The van der Waals surface area contributed by atoms with Gasteiger partial charge in [0.25, 0.3) is 0 Å². The van der Waals surface area contributed by atoms with E-state index in [2.05, 4.69) is 22.4 Å². The molecule has 1 saturated carbocycles. The van der Waals surface area contributed by atoms with Crippen LogP contribution in [-0.2, 0) is 22.4 Å². The van der Waals surface area contributed by atoms with E-state index in [4.69, 9.17) is 5.73 Å². The van der Waals surface area contributed by atoms with Crippen LogP contribution in [0.4, 0.5) is 0 Å². The number of rotatable bonds is 6. The molecule has 1 fully saturated rings. The van der Waals surface area contributed by atoms with E-state index in [0.29, 0.717) is 0 Å². The first-order valence-corrected chi connectivity index (χ1v) is 9.05. The van der Waals surface area contributed by atoms with Crippen LogP contribution in [0.3, 0.4) is 0 Å². The maximum Gasteiger partial charge on any atom is 0.226 e. The van der Waals surface area contributed by atoms with E-state index < -0.39 is 0 Å². The molecule has 5 nitrogen and oxygen atoms in total. The Bertz CT molecular complexity index is 714. The van der Waals surface area contributed by atoms with Gasteiger partial charge in [0.15, 0.2) is 0 Å². The van der Waals surface area contributed by atoms with Gasteiger partial charge in [-0.25, -0.2) is 4.98 Å². The number of nitrogens with zero attached hydrogens (tertiary/aromatic N) is 1. The molecule has 2 aromatic rings. The van der Waals surface area contributed by atoms with Gasteiger partial charge in [-0.05, 0) is 18.4 Å². The number of hydrogen-bond donors (Lipinski definition) is 2. The summed E-state index contributed by atoms with van der Waals surface area (Å²) >= 11 is 1.57. The Kier molecular flexibility index (Phi) is 5.25. The molecule has 0 radical (unpaired) electrons. The van der Waals surface area contributed by atoms with Crippen LogP contribution in [0.5, 0.6) is 0 Å². The average Bonchev–Trinajstić information content (AvgIpc) is 3.18. The number of carbonyl (C=O) groups is 2. The zero-order valence-electron chi connectivity index (χ0n) is 13.4. The van der Waals surface area contributed by atoms with Gasteiger partial charge < -0.3 is 11.1 Å². The Morgan fingerprint density at radius 2 is 2.04 bits per heavy atom. The highest BCUT2D eigenvalue weighted by atomic mass is 32.1. The molecule has 3 N–H and O–H groups in total. The van der Waals surface area contributed by atoms with Crippen molar-refractivity contribution in [2.45, 2.75) is 38.1 Å². The third-order valence-corrected chi connectivity index (χ3v) is 5.26. The fraction of sp³-hybridized carbons (Fsp3) is 0.389. The number of carbonyl (C=O) groups excluding carboxylic acids is 2. The Labute approximate surface area is 145 Å². The number of thiazole rings is 1. The van der Waals surface area contributed by atoms with Crippen molar-refractivity contribution in [3.8, 4) is 0 Å². The Morgan fingerprint density at radius 1 is 1.25 bits per heavy atom. The van der Waals surface area contributed by atoms with Gasteiger partial charge in [-0.3, -0.25) is 9.59 Å². The molecule has 1 aliphatic rings. The lowest BCUT2D eigenvalue weighted by Crippen LogP contribution is -2.42. The van der Waals surface area contributed by atoms with Crippen LogP contribution in [0, 0.1) is 5.92 Å². The van der Waals surface area contributed by atoms with Crippen molar-refractivity contribution in [2.24, 2.45) is 11.7 Å². The van der Waals surface area contributed by atoms with E-state index in [9.17, 15) is 9.59 Å². The highest BCUT2D eigenvalue weighted by Crippen LogP contribution is 2.25. The molecule has 1 aromatic carbocycles. The summed E-state index contributed by atoms with van der Waals surface area (Å²) in [4.78, 5) is 28.1. The second kappa shape index (κ2) is 7.57. The molecule has 0 spiro atoms. The molecule has 3 rings (SSSR count). The van der Waals surface area contributed by atoms with E-state index >= 15 is 0 Å². The van der Waals surface area contributed by atoms with E-state index in [1.165, 1.54) is 5.56 Å². The average molecular weight is 343 g/mol. The molecule has 0 aliphatic heterocycles. The number of nitrogens with one attached hydrogen (secondary N) is 1. The molecule has 1 aromatic heterocycles. The minimum absolute atomic E-state index is 0.0929. The minimum atomic E-state index is -0.323. The first-order chi connectivity index (χ1) is 11.6. The zero-order chi connectivity index (χ0) is 16.9. The van der Waals surface area contributed by atoms with Gasteiger partial charge in [0.1, 0.15) is 0 Å². The summed E-state index contributed by atoms with van der Waals surface area (Å²) in [5, 5.41) is 5.87. The van der Waals surface area contributed by atoms with Crippen molar-refractivity contribution in [1.29, 1.82) is 0 Å². The SMILES string of the molecule is NC(=O)[C@@H]1CCC[C@H]1NC(=O)Cc1csc(Cc2ccccc2)n1. The lowest BCUT2D eigenvalue weighted by Gasteiger charge is -2.17. The molecule has 0 bridgehead atoms. The lowest BCUT2D eigenvalue weighted by molar-refractivity contribution is -0.124. The van der Waals surface area contributed by atoms with Gasteiger partial charge in [-0.2, -0.15) is 0 Å². The topological polar surface area (TPSA) is 85.1 Å². The molecule has 2 atom stereocenters. The monoisotopic (exact) mass is 343 g/mol. The molecule has 0 unspecified atom stereocenters. The van der Waals surface area contributed by atoms with Crippen molar-refractivity contribution in [3.63, 3.8) is 0 Å². The van der Waals surface area contributed by atoms with E-state index in [1.54, 1.807) is 11.3 Å². The third-order valence-electron chi connectivity index (χ3n) is 4.37. The molecule has 2 amide bonds. The van der Waals surface area contributed by atoms with Gasteiger partial charge in [-0.15, -0.1) is 11.3 Å². The standard InChI is InChI=1S/C18H21N3O2S/c19-18(23)14-7-4-8-15(14)21-16(22)10-13-11-24-17(20-13)9-12-5-2-1-3-6-12/h1-3,5-6,11,14-15H,4,7-10H2,(H2,19,23)(H,21,22)/t14-,15-/m1/s1. The van der Waals surface area contributed by atoms with Crippen LogP contribution in [0.15, 0.2) is 35.7 Å². The van der Waals surface area contributed by atoms with Gasteiger partial charge in [0, 0.05) is 17.8 Å². The van der Waals surface area contributed by atoms with Gasteiger partial charge >= 0.3 is 0 Å². The second-order valence-electron chi connectivity index (χ2n) is 6.19. The molecule has 0 saturated heterocycles. The predicted molar refractivity (Wildman–Crippen MR) is 93.5 cm³/mol. The summed E-state index contributed by atoms with van der Waals surface area (Å²) < 4.78 is 0. The molecule has 126 valence electrons.